The molecule has 0 spiro atoms. The van der Waals surface area contributed by atoms with E-state index in [1.54, 1.807) is 26.4 Å². The van der Waals surface area contributed by atoms with E-state index in [0.29, 0.717) is 22.6 Å². The highest BCUT2D eigenvalue weighted by Gasteiger charge is 2.24. The molecule has 0 bridgehead atoms. The molecule has 3 aromatic rings. The van der Waals surface area contributed by atoms with Gasteiger partial charge < -0.3 is 9.47 Å². The van der Waals surface area contributed by atoms with Crippen LogP contribution < -0.4 is 4.74 Å². The van der Waals surface area contributed by atoms with Gasteiger partial charge in [0.1, 0.15) is 12.4 Å². The van der Waals surface area contributed by atoms with Gasteiger partial charge >= 0.3 is 5.97 Å². The van der Waals surface area contributed by atoms with Crippen molar-refractivity contribution in [1.82, 2.24) is 9.97 Å². The van der Waals surface area contributed by atoms with Crippen LogP contribution in [0.2, 0.25) is 0 Å². The Kier molecular flexibility index (Phi) is 5.27. The molecule has 0 saturated carbocycles. The molecule has 2 aromatic heterocycles. The van der Waals surface area contributed by atoms with E-state index in [1.165, 1.54) is 0 Å². The fourth-order valence-corrected chi connectivity index (χ4v) is 2.92. The molecule has 0 aliphatic rings. The van der Waals surface area contributed by atoms with Gasteiger partial charge in [-0.15, -0.1) is 0 Å². The smallest absolute Gasteiger partial charge is 0.341 e. The zero-order valence-corrected chi connectivity index (χ0v) is 15.0. The number of aromatic nitrogens is 2. The average molecular weight is 348 g/mol. The molecule has 0 radical (unpaired) electrons. The Bertz CT molecular complexity index is 910. The van der Waals surface area contributed by atoms with Gasteiger partial charge in [0.25, 0.3) is 0 Å². The summed E-state index contributed by atoms with van der Waals surface area (Å²) in [7, 11) is 1.57. The SMILES string of the molecule is COc1c(C)nc(C)c(C(=O)OCc2ccccc2)c1-c1ccncc1. The van der Waals surface area contributed by atoms with Crippen molar-refractivity contribution in [3.05, 3.63) is 77.4 Å². The number of aryl methyl sites for hydroxylation is 2. The molecule has 0 aliphatic carbocycles. The third-order valence-corrected chi connectivity index (χ3v) is 4.09. The maximum Gasteiger partial charge on any atom is 0.341 e. The van der Waals surface area contributed by atoms with Gasteiger partial charge in [0.05, 0.1) is 24.1 Å². The van der Waals surface area contributed by atoms with E-state index in [4.69, 9.17) is 9.47 Å². The summed E-state index contributed by atoms with van der Waals surface area (Å²) in [5, 5.41) is 0. The van der Waals surface area contributed by atoms with Gasteiger partial charge in [0.2, 0.25) is 0 Å². The topological polar surface area (TPSA) is 61.3 Å². The number of benzene rings is 1. The van der Waals surface area contributed by atoms with Gasteiger partial charge in [-0.05, 0) is 37.1 Å². The summed E-state index contributed by atoms with van der Waals surface area (Å²) in [6.45, 7) is 3.86. The average Bonchev–Trinajstić information content (AvgIpc) is 2.67. The largest absolute Gasteiger partial charge is 0.494 e. The summed E-state index contributed by atoms with van der Waals surface area (Å²) < 4.78 is 11.1. The van der Waals surface area contributed by atoms with Crippen LogP contribution in [-0.2, 0) is 11.3 Å². The van der Waals surface area contributed by atoms with Crippen molar-refractivity contribution in [3.63, 3.8) is 0 Å². The Morgan fingerprint density at radius 3 is 2.35 bits per heavy atom. The molecule has 0 aliphatic heterocycles. The maximum absolute atomic E-state index is 12.9. The van der Waals surface area contributed by atoms with Gasteiger partial charge in [-0.25, -0.2) is 4.79 Å². The van der Waals surface area contributed by atoms with Gasteiger partial charge in [-0.3, -0.25) is 9.97 Å². The van der Waals surface area contributed by atoms with Crippen LogP contribution >= 0.6 is 0 Å². The second kappa shape index (κ2) is 7.78. The van der Waals surface area contributed by atoms with Crippen molar-refractivity contribution in [2.24, 2.45) is 0 Å². The van der Waals surface area contributed by atoms with Crippen molar-refractivity contribution >= 4 is 5.97 Å². The van der Waals surface area contributed by atoms with Crippen LogP contribution in [0.15, 0.2) is 54.9 Å². The number of pyridine rings is 2. The highest BCUT2D eigenvalue weighted by molar-refractivity contribution is 6.00. The quantitative estimate of drug-likeness (QED) is 0.649. The first-order valence-electron chi connectivity index (χ1n) is 8.28. The number of hydrogen-bond donors (Lipinski definition) is 0. The third-order valence-electron chi connectivity index (χ3n) is 4.09. The van der Waals surface area contributed by atoms with Gasteiger partial charge in [-0.1, -0.05) is 30.3 Å². The zero-order valence-electron chi connectivity index (χ0n) is 15.0. The lowest BCUT2D eigenvalue weighted by atomic mass is 9.97. The van der Waals surface area contributed by atoms with Crippen molar-refractivity contribution in [3.8, 4) is 16.9 Å². The first-order chi connectivity index (χ1) is 12.6. The summed E-state index contributed by atoms with van der Waals surface area (Å²) in [6, 6.07) is 13.2. The lowest BCUT2D eigenvalue weighted by molar-refractivity contribution is 0.0472. The molecule has 0 N–H and O–H groups in total. The summed E-state index contributed by atoms with van der Waals surface area (Å²) in [4.78, 5) is 21.4. The molecule has 0 amide bonds. The standard InChI is InChI=1S/C21H20N2O3/c1-14-18(21(24)26-13-16-7-5-4-6-8-16)19(17-9-11-22-12-10-17)20(25-3)15(2)23-14/h4-12H,13H2,1-3H3. The molecule has 1 aromatic carbocycles. The number of hydrogen-bond acceptors (Lipinski definition) is 5. The number of carbonyl (C=O) groups excluding carboxylic acids is 1. The first-order valence-corrected chi connectivity index (χ1v) is 8.28. The fraction of sp³-hybridized carbons (Fsp3) is 0.190. The highest BCUT2D eigenvalue weighted by atomic mass is 16.5. The fourth-order valence-electron chi connectivity index (χ4n) is 2.92. The molecule has 0 saturated heterocycles. The van der Waals surface area contributed by atoms with Crippen molar-refractivity contribution < 1.29 is 14.3 Å². The van der Waals surface area contributed by atoms with E-state index in [0.717, 1.165) is 16.8 Å². The van der Waals surface area contributed by atoms with Gasteiger partial charge in [-0.2, -0.15) is 0 Å². The van der Waals surface area contributed by atoms with Crippen LogP contribution in [0.4, 0.5) is 0 Å². The Morgan fingerprint density at radius 1 is 1.00 bits per heavy atom. The van der Waals surface area contributed by atoms with Crippen LogP contribution in [0.3, 0.4) is 0 Å². The minimum absolute atomic E-state index is 0.199. The Balaban J connectivity index is 2.04. The van der Waals surface area contributed by atoms with Crippen LogP contribution in [0.25, 0.3) is 11.1 Å². The molecule has 5 nitrogen and oxygen atoms in total. The van der Waals surface area contributed by atoms with E-state index < -0.39 is 5.97 Å². The Morgan fingerprint density at radius 2 is 1.69 bits per heavy atom. The molecule has 0 fully saturated rings. The summed E-state index contributed by atoms with van der Waals surface area (Å²) in [5.41, 5.74) is 4.17. The predicted molar refractivity (Wildman–Crippen MR) is 99.1 cm³/mol. The van der Waals surface area contributed by atoms with Crippen molar-refractivity contribution in [2.75, 3.05) is 7.11 Å². The molecule has 132 valence electrons. The third kappa shape index (κ3) is 3.57. The lowest BCUT2D eigenvalue weighted by Crippen LogP contribution is -2.12. The zero-order chi connectivity index (χ0) is 18.5. The minimum Gasteiger partial charge on any atom is -0.494 e. The molecule has 0 unspecified atom stereocenters. The van der Waals surface area contributed by atoms with Crippen LogP contribution in [-0.4, -0.2) is 23.0 Å². The summed E-state index contributed by atoms with van der Waals surface area (Å²) >= 11 is 0. The number of carbonyl (C=O) groups is 1. The molecule has 2 heterocycles. The molecule has 26 heavy (non-hydrogen) atoms. The minimum atomic E-state index is -0.427. The maximum atomic E-state index is 12.9. The molecule has 5 heteroatoms. The van der Waals surface area contributed by atoms with E-state index in [1.807, 2.05) is 49.4 Å². The van der Waals surface area contributed by atoms with Crippen molar-refractivity contribution in [1.29, 1.82) is 0 Å². The highest BCUT2D eigenvalue weighted by Crippen LogP contribution is 2.36. The van der Waals surface area contributed by atoms with Crippen LogP contribution in [0.5, 0.6) is 5.75 Å². The second-order valence-electron chi connectivity index (χ2n) is 5.86. The van der Waals surface area contributed by atoms with Crippen LogP contribution in [0, 0.1) is 13.8 Å². The molecular weight excluding hydrogens is 328 g/mol. The number of nitrogens with zero attached hydrogens (tertiary/aromatic N) is 2. The predicted octanol–water partition coefficient (Wildman–Crippen LogP) is 4.13. The Labute approximate surface area is 152 Å². The van der Waals surface area contributed by atoms with Gasteiger partial charge in [0, 0.05) is 18.0 Å². The van der Waals surface area contributed by atoms with E-state index in [-0.39, 0.29) is 6.61 Å². The van der Waals surface area contributed by atoms with E-state index in [9.17, 15) is 4.79 Å². The van der Waals surface area contributed by atoms with E-state index >= 15 is 0 Å². The first kappa shape index (κ1) is 17.6. The number of ether oxygens (including phenoxy) is 2. The number of methoxy groups -OCH3 is 1. The Hall–Kier alpha value is -3.21. The lowest BCUT2D eigenvalue weighted by Gasteiger charge is -2.17. The number of rotatable bonds is 5. The van der Waals surface area contributed by atoms with Crippen molar-refractivity contribution in [2.45, 2.75) is 20.5 Å². The summed E-state index contributed by atoms with van der Waals surface area (Å²) in [6.07, 6.45) is 3.36. The second-order valence-corrected chi connectivity index (χ2v) is 5.86. The van der Waals surface area contributed by atoms with Crippen LogP contribution in [0.1, 0.15) is 27.3 Å². The molecular formula is C21H20N2O3. The molecule has 3 rings (SSSR count). The number of esters is 1. The summed E-state index contributed by atoms with van der Waals surface area (Å²) in [5.74, 6) is 0.137. The molecule has 0 atom stereocenters. The monoisotopic (exact) mass is 348 g/mol. The normalized spacial score (nSPS) is 10.4. The van der Waals surface area contributed by atoms with Gasteiger partial charge in [0.15, 0.2) is 0 Å². The van der Waals surface area contributed by atoms with E-state index in [2.05, 4.69) is 9.97 Å².